The zero-order valence-electron chi connectivity index (χ0n) is 11.9. The molecule has 0 fully saturated rings. The maximum Gasteiger partial charge on any atom is 0.273 e. The Kier molecular flexibility index (Phi) is 3.82. The van der Waals surface area contributed by atoms with Crippen molar-refractivity contribution >= 4 is 11.6 Å². The molecule has 0 aliphatic rings. The number of hydrogen-bond acceptors (Lipinski definition) is 4. The second kappa shape index (κ2) is 6.09. The molecule has 2 heterocycles. The van der Waals surface area contributed by atoms with Crippen LogP contribution in [0.3, 0.4) is 0 Å². The number of para-hydroxylation sites is 2. The maximum atomic E-state index is 12.3. The van der Waals surface area contributed by atoms with Crippen LogP contribution in [-0.4, -0.2) is 28.2 Å². The van der Waals surface area contributed by atoms with Gasteiger partial charge in [-0.1, -0.05) is 12.1 Å². The zero-order valence-corrected chi connectivity index (χ0v) is 11.9. The first-order valence-electron chi connectivity index (χ1n) is 6.68. The number of pyridine rings is 1. The van der Waals surface area contributed by atoms with Gasteiger partial charge in [-0.25, -0.2) is 0 Å². The lowest BCUT2D eigenvalue weighted by atomic mass is 10.2. The molecule has 0 saturated heterocycles. The number of H-pyrrole nitrogens is 1. The van der Waals surface area contributed by atoms with E-state index in [1.54, 1.807) is 37.7 Å². The number of aromatic amines is 1. The van der Waals surface area contributed by atoms with Gasteiger partial charge in [0, 0.05) is 18.0 Å². The lowest BCUT2D eigenvalue weighted by Gasteiger charge is -2.08. The highest BCUT2D eigenvalue weighted by Crippen LogP contribution is 2.24. The average Bonchev–Trinajstić information content (AvgIpc) is 3.06. The minimum atomic E-state index is -0.280. The molecule has 0 aliphatic carbocycles. The van der Waals surface area contributed by atoms with E-state index in [0.29, 0.717) is 22.8 Å². The highest BCUT2D eigenvalue weighted by Gasteiger charge is 2.13. The normalized spacial score (nSPS) is 10.2. The molecule has 0 saturated carbocycles. The van der Waals surface area contributed by atoms with E-state index in [9.17, 15) is 4.79 Å². The molecule has 0 spiro atoms. The molecule has 1 aromatic carbocycles. The number of nitrogens with one attached hydrogen (secondary N) is 2. The van der Waals surface area contributed by atoms with Crippen molar-refractivity contribution in [2.75, 3.05) is 12.4 Å². The van der Waals surface area contributed by atoms with E-state index < -0.39 is 0 Å². The molecular formula is C16H14N4O2. The summed E-state index contributed by atoms with van der Waals surface area (Å²) in [5.74, 6) is 0.321. The number of aromatic nitrogens is 3. The minimum Gasteiger partial charge on any atom is -0.495 e. The Labute approximate surface area is 127 Å². The van der Waals surface area contributed by atoms with Crippen LogP contribution in [0.5, 0.6) is 5.75 Å². The van der Waals surface area contributed by atoms with Gasteiger partial charge in [-0.2, -0.15) is 5.10 Å². The number of amides is 1. The molecule has 2 N–H and O–H groups in total. The van der Waals surface area contributed by atoms with Crippen molar-refractivity contribution < 1.29 is 9.53 Å². The number of carbonyl (C=O) groups excluding carboxylic acids is 1. The third-order valence-electron chi connectivity index (χ3n) is 3.15. The topological polar surface area (TPSA) is 79.9 Å². The summed E-state index contributed by atoms with van der Waals surface area (Å²) in [5.41, 5.74) is 2.56. The molecular weight excluding hydrogens is 280 g/mol. The van der Waals surface area contributed by atoms with Crippen LogP contribution in [0.4, 0.5) is 5.69 Å². The van der Waals surface area contributed by atoms with Gasteiger partial charge in [0.25, 0.3) is 5.91 Å². The molecule has 6 heteroatoms. The first-order valence-corrected chi connectivity index (χ1v) is 6.68. The van der Waals surface area contributed by atoms with E-state index in [-0.39, 0.29) is 5.91 Å². The SMILES string of the molecule is COc1ccccc1NC(=O)c1cc(-c2ccncc2)n[nH]1. The van der Waals surface area contributed by atoms with E-state index in [1.165, 1.54) is 0 Å². The number of ether oxygens (including phenoxy) is 1. The van der Waals surface area contributed by atoms with Crippen LogP contribution in [-0.2, 0) is 0 Å². The average molecular weight is 294 g/mol. The van der Waals surface area contributed by atoms with E-state index >= 15 is 0 Å². The molecule has 0 unspecified atom stereocenters. The highest BCUT2D eigenvalue weighted by molar-refractivity contribution is 6.04. The van der Waals surface area contributed by atoms with Gasteiger partial charge in [0.15, 0.2) is 0 Å². The van der Waals surface area contributed by atoms with Crippen LogP contribution in [0.15, 0.2) is 54.9 Å². The lowest BCUT2D eigenvalue weighted by molar-refractivity contribution is 0.102. The molecule has 22 heavy (non-hydrogen) atoms. The van der Waals surface area contributed by atoms with Crippen molar-refractivity contribution in [1.29, 1.82) is 0 Å². The first kappa shape index (κ1) is 13.8. The Hall–Kier alpha value is -3.15. The summed E-state index contributed by atoms with van der Waals surface area (Å²) < 4.78 is 5.21. The molecule has 0 aliphatic heterocycles. The summed E-state index contributed by atoms with van der Waals surface area (Å²) in [7, 11) is 1.56. The Morgan fingerprint density at radius 2 is 1.95 bits per heavy atom. The van der Waals surface area contributed by atoms with Gasteiger partial charge < -0.3 is 10.1 Å². The Bertz CT molecular complexity index is 784. The lowest BCUT2D eigenvalue weighted by Crippen LogP contribution is -2.13. The first-order chi connectivity index (χ1) is 10.8. The molecule has 1 amide bonds. The van der Waals surface area contributed by atoms with Crippen molar-refractivity contribution in [2.24, 2.45) is 0 Å². The van der Waals surface area contributed by atoms with Crippen molar-refractivity contribution in [1.82, 2.24) is 15.2 Å². The number of anilines is 1. The summed E-state index contributed by atoms with van der Waals surface area (Å²) in [4.78, 5) is 16.2. The molecule has 110 valence electrons. The second-order valence-electron chi connectivity index (χ2n) is 4.56. The predicted octanol–water partition coefficient (Wildman–Crippen LogP) is 2.73. The van der Waals surface area contributed by atoms with E-state index in [2.05, 4.69) is 20.5 Å². The number of benzene rings is 1. The van der Waals surface area contributed by atoms with Gasteiger partial charge in [0.1, 0.15) is 11.4 Å². The van der Waals surface area contributed by atoms with Crippen molar-refractivity contribution in [3.63, 3.8) is 0 Å². The van der Waals surface area contributed by atoms with Gasteiger partial charge >= 0.3 is 0 Å². The molecule has 3 rings (SSSR count). The smallest absolute Gasteiger partial charge is 0.273 e. The van der Waals surface area contributed by atoms with Crippen LogP contribution in [0.25, 0.3) is 11.3 Å². The number of carbonyl (C=O) groups is 1. The van der Waals surface area contributed by atoms with Crippen LogP contribution in [0.2, 0.25) is 0 Å². The second-order valence-corrected chi connectivity index (χ2v) is 4.56. The third-order valence-corrected chi connectivity index (χ3v) is 3.15. The molecule has 2 aromatic heterocycles. The Morgan fingerprint density at radius 1 is 1.18 bits per heavy atom. The van der Waals surface area contributed by atoms with E-state index in [4.69, 9.17) is 4.74 Å². The van der Waals surface area contributed by atoms with Gasteiger partial charge in [-0.15, -0.1) is 0 Å². The highest BCUT2D eigenvalue weighted by atomic mass is 16.5. The molecule has 3 aromatic rings. The quantitative estimate of drug-likeness (QED) is 0.775. The van der Waals surface area contributed by atoms with Gasteiger partial charge in [-0.3, -0.25) is 14.9 Å². The zero-order chi connectivity index (χ0) is 15.4. The van der Waals surface area contributed by atoms with Gasteiger partial charge in [0.2, 0.25) is 0 Å². The van der Waals surface area contributed by atoms with E-state index in [1.807, 2.05) is 24.3 Å². The fraction of sp³-hybridized carbons (Fsp3) is 0.0625. The summed E-state index contributed by atoms with van der Waals surface area (Å²) in [6.45, 7) is 0. The summed E-state index contributed by atoms with van der Waals surface area (Å²) >= 11 is 0. The summed E-state index contributed by atoms with van der Waals surface area (Å²) in [6.07, 6.45) is 3.36. The Morgan fingerprint density at radius 3 is 2.73 bits per heavy atom. The monoisotopic (exact) mass is 294 g/mol. The fourth-order valence-corrected chi connectivity index (χ4v) is 2.05. The number of nitrogens with zero attached hydrogens (tertiary/aromatic N) is 2. The maximum absolute atomic E-state index is 12.3. The Balaban J connectivity index is 1.80. The minimum absolute atomic E-state index is 0.280. The van der Waals surface area contributed by atoms with Crippen molar-refractivity contribution in [3.8, 4) is 17.0 Å². The van der Waals surface area contributed by atoms with Gasteiger partial charge in [-0.05, 0) is 30.3 Å². The molecule has 0 radical (unpaired) electrons. The number of methoxy groups -OCH3 is 1. The molecule has 0 bridgehead atoms. The summed E-state index contributed by atoms with van der Waals surface area (Å²) in [5, 5.41) is 9.68. The van der Waals surface area contributed by atoms with Gasteiger partial charge in [0.05, 0.1) is 18.5 Å². The van der Waals surface area contributed by atoms with Crippen LogP contribution in [0, 0.1) is 0 Å². The van der Waals surface area contributed by atoms with E-state index in [0.717, 1.165) is 5.56 Å². The number of rotatable bonds is 4. The molecule has 0 atom stereocenters. The fourth-order valence-electron chi connectivity index (χ4n) is 2.05. The van der Waals surface area contributed by atoms with Crippen LogP contribution < -0.4 is 10.1 Å². The van der Waals surface area contributed by atoms with Crippen molar-refractivity contribution in [3.05, 3.63) is 60.6 Å². The van der Waals surface area contributed by atoms with Crippen molar-refractivity contribution in [2.45, 2.75) is 0 Å². The largest absolute Gasteiger partial charge is 0.495 e. The summed E-state index contributed by atoms with van der Waals surface area (Å²) in [6, 6.07) is 12.6. The standard InChI is InChI=1S/C16H14N4O2/c1-22-15-5-3-2-4-12(15)18-16(21)14-10-13(19-20-14)11-6-8-17-9-7-11/h2-10H,1H3,(H,18,21)(H,19,20). The van der Waals surface area contributed by atoms with Crippen LogP contribution >= 0.6 is 0 Å². The van der Waals surface area contributed by atoms with Crippen LogP contribution in [0.1, 0.15) is 10.5 Å². The predicted molar refractivity (Wildman–Crippen MR) is 82.8 cm³/mol. The third kappa shape index (κ3) is 2.80. The molecule has 6 nitrogen and oxygen atoms in total. The number of hydrogen-bond donors (Lipinski definition) is 2.